The van der Waals surface area contributed by atoms with Crippen molar-refractivity contribution in [3.8, 4) is 0 Å². The van der Waals surface area contributed by atoms with Gasteiger partial charge in [-0.15, -0.1) is 0 Å². The Balaban J connectivity index is 1.24. The van der Waals surface area contributed by atoms with Crippen molar-refractivity contribution >= 4 is 44.4 Å². The quantitative estimate of drug-likeness (QED) is 0.216. The van der Waals surface area contributed by atoms with Crippen molar-refractivity contribution in [2.45, 2.75) is 49.8 Å². The second kappa shape index (κ2) is 10.7. The normalized spacial score (nSPS) is 36.2. The highest BCUT2D eigenvalue weighted by Crippen LogP contribution is 2.54. The lowest BCUT2D eigenvalue weighted by atomic mass is 10.1. The maximum atomic E-state index is 13.1. The molecule has 19 nitrogen and oxygen atoms in total. The molecular formula is C20H27N9O10P2. The van der Waals surface area contributed by atoms with Gasteiger partial charge in [0, 0.05) is 24.4 Å². The monoisotopic (exact) mass is 615 g/mol. The van der Waals surface area contributed by atoms with Crippen LogP contribution >= 0.6 is 15.6 Å². The lowest BCUT2D eigenvalue weighted by Gasteiger charge is -2.25. The summed E-state index contributed by atoms with van der Waals surface area (Å²) in [6, 6.07) is 1.22. The Labute approximate surface area is 230 Å². The SMILES string of the molecule is Nc1cc(N[C@@H]2C[C@@H]3COP(=O)(O)O[C@@H]4C[C@@H](COP(=O)(O)O[C@H]3C2)O[C@H]4n2cnc3c(=O)[nH]c(N)nc32)ncn1. The van der Waals surface area contributed by atoms with Crippen molar-refractivity contribution in [1.29, 1.82) is 0 Å². The molecule has 21 heteroatoms. The molecule has 0 aromatic carbocycles. The first-order valence-corrected chi connectivity index (χ1v) is 15.5. The average Bonchev–Trinajstić information content (AvgIpc) is 3.57. The summed E-state index contributed by atoms with van der Waals surface area (Å²) in [6.07, 6.45) is -0.983. The molecule has 3 fully saturated rings. The van der Waals surface area contributed by atoms with E-state index in [0.717, 1.165) is 0 Å². The van der Waals surface area contributed by atoms with Crippen LogP contribution in [0.2, 0.25) is 0 Å². The van der Waals surface area contributed by atoms with E-state index >= 15 is 0 Å². The molecule has 2 unspecified atom stereocenters. The Morgan fingerprint density at radius 2 is 1.78 bits per heavy atom. The molecule has 222 valence electrons. The maximum Gasteiger partial charge on any atom is 0.472 e. The number of hydrogen-bond acceptors (Lipinski definition) is 15. The minimum absolute atomic E-state index is 0.0372. The van der Waals surface area contributed by atoms with Gasteiger partial charge in [-0.25, -0.2) is 24.1 Å². The van der Waals surface area contributed by atoms with Crippen molar-refractivity contribution in [2.75, 3.05) is 30.0 Å². The third kappa shape index (κ3) is 6.13. The Morgan fingerprint density at radius 1 is 1.02 bits per heavy atom. The number of anilines is 3. The fourth-order valence-electron chi connectivity index (χ4n) is 5.23. The molecule has 3 aliphatic rings. The predicted molar refractivity (Wildman–Crippen MR) is 139 cm³/mol. The predicted octanol–water partition coefficient (Wildman–Crippen LogP) is 0.270. The first-order valence-electron chi connectivity index (χ1n) is 12.5. The Morgan fingerprint density at radius 3 is 2.56 bits per heavy atom. The van der Waals surface area contributed by atoms with Crippen LogP contribution in [0.1, 0.15) is 25.5 Å². The number of phosphoric ester groups is 2. The summed E-state index contributed by atoms with van der Waals surface area (Å²) in [5.74, 6) is -0.0966. The lowest BCUT2D eigenvalue weighted by molar-refractivity contribution is -0.0543. The molecule has 8 atom stereocenters. The van der Waals surface area contributed by atoms with E-state index in [1.54, 1.807) is 0 Å². The van der Waals surface area contributed by atoms with Gasteiger partial charge in [-0.3, -0.25) is 32.4 Å². The summed E-state index contributed by atoms with van der Waals surface area (Å²) in [5, 5.41) is 3.15. The summed E-state index contributed by atoms with van der Waals surface area (Å²) in [7, 11) is -9.31. The number of rotatable bonds is 3. The van der Waals surface area contributed by atoms with Crippen molar-refractivity contribution in [3.05, 3.63) is 29.1 Å². The molecule has 2 saturated heterocycles. The summed E-state index contributed by atoms with van der Waals surface area (Å²) in [4.78, 5) is 51.8. The molecular weight excluding hydrogens is 588 g/mol. The molecule has 8 N–H and O–H groups in total. The summed E-state index contributed by atoms with van der Waals surface area (Å²) < 4.78 is 54.8. The number of fused-ring (bicyclic) bond motifs is 4. The molecule has 1 saturated carbocycles. The zero-order valence-corrected chi connectivity index (χ0v) is 23.0. The van der Waals surface area contributed by atoms with Crippen molar-refractivity contribution in [1.82, 2.24) is 29.5 Å². The number of nitrogens with two attached hydrogens (primary N) is 2. The minimum Gasteiger partial charge on any atom is -0.384 e. The molecule has 2 bridgehead atoms. The second-order valence-corrected chi connectivity index (χ2v) is 12.7. The van der Waals surface area contributed by atoms with Crippen LogP contribution in [0.3, 0.4) is 0 Å². The molecule has 0 spiro atoms. The van der Waals surface area contributed by atoms with E-state index in [0.29, 0.717) is 12.2 Å². The third-order valence-electron chi connectivity index (χ3n) is 6.95. The lowest BCUT2D eigenvalue weighted by Crippen LogP contribution is -2.25. The van der Waals surface area contributed by atoms with Gasteiger partial charge in [-0.1, -0.05) is 0 Å². The summed E-state index contributed by atoms with van der Waals surface area (Å²) >= 11 is 0. The van der Waals surface area contributed by atoms with E-state index in [1.165, 1.54) is 23.3 Å². The first-order chi connectivity index (χ1) is 19.4. The van der Waals surface area contributed by atoms with Crippen LogP contribution in [0.25, 0.3) is 11.2 Å². The highest BCUT2D eigenvalue weighted by atomic mass is 31.2. The molecule has 5 heterocycles. The molecule has 3 aromatic heterocycles. The van der Waals surface area contributed by atoms with E-state index in [9.17, 15) is 23.7 Å². The zero-order valence-electron chi connectivity index (χ0n) is 21.2. The topological polar surface area (TPSA) is 274 Å². The number of nitrogens with one attached hydrogen (secondary N) is 2. The van der Waals surface area contributed by atoms with Crippen molar-refractivity contribution in [2.24, 2.45) is 5.92 Å². The van der Waals surface area contributed by atoms with Crippen LogP contribution in [0, 0.1) is 5.92 Å². The number of ether oxygens (including phenoxy) is 1. The number of phosphoric acid groups is 2. The Kier molecular flexibility index (Phi) is 7.34. The first kappa shape index (κ1) is 28.1. The fourth-order valence-corrected chi connectivity index (χ4v) is 7.22. The molecule has 1 aliphatic carbocycles. The largest absolute Gasteiger partial charge is 0.472 e. The van der Waals surface area contributed by atoms with Crippen LogP contribution in [0.15, 0.2) is 23.5 Å². The number of hydrogen-bond donors (Lipinski definition) is 6. The fraction of sp³-hybridized carbons (Fsp3) is 0.550. The molecule has 6 rings (SSSR count). The Bertz CT molecular complexity index is 1600. The van der Waals surface area contributed by atoms with Gasteiger partial charge < -0.3 is 31.3 Å². The molecule has 0 radical (unpaired) electrons. The average molecular weight is 615 g/mol. The third-order valence-corrected chi connectivity index (χ3v) is 8.98. The van der Waals surface area contributed by atoms with Crippen LogP contribution in [-0.2, 0) is 32.0 Å². The number of nitrogens with zero attached hydrogens (tertiary/aromatic N) is 5. The van der Waals surface area contributed by atoms with Crippen LogP contribution in [0.5, 0.6) is 0 Å². The minimum atomic E-state index is -4.70. The second-order valence-electron chi connectivity index (χ2n) is 9.88. The van der Waals surface area contributed by atoms with E-state index in [1.807, 2.05) is 0 Å². The van der Waals surface area contributed by atoms with Gasteiger partial charge in [0.05, 0.1) is 31.7 Å². The number of H-pyrrole nitrogens is 1. The summed E-state index contributed by atoms with van der Waals surface area (Å²) in [6.45, 7) is -0.755. The van der Waals surface area contributed by atoms with E-state index in [4.69, 9.17) is 34.3 Å². The number of imidazole rings is 1. The standard InChI is InChI=1S/C20H27N9O10P2/c21-14-4-15(24-7-23-14)26-10-1-9-5-35-40(31,32)39-13-3-11(6-36-41(33,34)38-12(9)2-10)37-19(13)29-8-25-16-17(29)27-20(22)28-18(16)30/h4,7-13,19H,1-3,5-6H2,(H,31,32)(H,33,34)(H3,21,23,24,26)(H3,22,27,28,30)/t9-,10-,11+,12+,13-,19-/m1/s1. The van der Waals surface area contributed by atoms with E-state index < -0.39 is 58.3 Å². The number of nitrogen functional groups attached to an aromatic ring is 2. The van der Waals surface area contributed by atoms with Crippen molar-refractivity contribution < 1.29 is 41.7 Å². The highest BCUT2D eigenvalue weighted by molar-refractivity contribution is 7.47. The van der Waals surface area contributed by atoms with Crippen LogP contribution < -0.4 is 22.3 Å². The molecule has 3 aromatic rings. The maximum absolute atomic E-state index is 13.1. The molecule has 0 amide bonds. The van der Waals surface area contributed by atoms with Gasteiger partial charge in [-0.2, -0.15) is 4.98 Å². The molecule has 2 aliphatic heterocycles. The van der Waals surface area contributed by atoms with E-state index in [-0.39, 0.29) is 48.4 Å². The summed E-state index contributed by atoms with van der Waals surface area (Å²) in [5.41, 5.74) is 10.8. The molecule has 41 heavy (non-hydrogen) atoms. The van der Waals surface area contributed by atoms with Crippen molar-refractivity contribution in [3.63, 3.8) is 0 Å². The van der Waals surface area contributed by atoms with Gasteiger partial charge in [0.25, 0.3) is 5.56 Å². The highest BCUT2D eigenvalue weighted by Gasteiger charge is 2.46. The van der Waals surface area contributed by atoms with Crippen LogP contribution in [-0.4, -0.2) is 76.8 Å². The number of aromatic nitrogens is 6. The van der Waals surface area contributed by atoms with Crippen LogP contribution in [0.4, 0.5) is 17.6 Å². The number of aromatic amines is 1. The van der Waals surface area contributed by atoms with Gasteiger partial charge in [0.15, 0.2) is 17.4 Å². The van der Waals surface area contributed by atoms with Gasteiger partial charge in [0.2, 0.25) is 5.95 Å². The smallest absolute Gasteiger partial charge is 0.384 e. The van der Waals surface area contributed by atoms with E-state index in [2.05, 4.69) is 30.2 Å². The zero-order chi connectivity index (χ0) is 28.9. The Hall–Kier alpha value is -2.99. The van der Waals surface area contributed by atoms with Gasteiger partial charge >= 0.3 is 15.6 Å². The van der Waals surface area contributed by atoms with Gasteiger partial charge in [-0.05, 0) is 12.8 Å². The van der Waals surface area contributed by atoms with Gasteiger partial charge in [0.1, 0.15) is 24.1 Å².